The maximum absolute atomic E-state index is 12.2. The summed E-state index contributed by atoms with van der Waals surface area (Å²) in [5.41, 5.74) is 8.14. The van der Waals surface area contributed by atoms with Crippen LogP contribution in [0.1, 0.15) is 21.5 Å². The Bertz CT molecular complexity index is 850. The van der Waals surface area contributed by atoms with Gasteiger partial charge in [-0.25, -0.2) is 4.98 Å². The molecule has 25 heavy (non-hydrogen) atoms. The van der Waals surface area contributed by atoms with Crippen molar-refractivity contribution in [3.8, 4) is 5.75 Å². The second kappa shape index (κ2) is 7.97. The highest BCUT2D eigenvalue weighted by Gasteiger charge is 2.09. The van der Waals surface area contributed by atoms with E-state index in [1.165, 1.54) is 0 Å². The van der Waals surface area contributed by atoms with Gasteiger partial charge < -0.3 is 15.8 Å². The first-order chi connectivity index (χ1) is 12.2. The van der Waals surface area contributed by atoms with Crippen molar-refractivity contribution >= 4 is 11.7 Å². The highest BCUT2D eigenvalue weighted by molar-refractivity contribution is 5.98. The molecule has 1 heterocycles. The number of nitrogen functional groups attached to an aromatic ring is 1. The normalized spacial score (nSPS) is 10.2. The zero-order valence-electron chi connectivity index (χ0n) is 13.7. The van der Waals surface area contributed by atoms with Crippen molar-refractivity contribution in [2.45, 2.75) is 13.2 Å². The van der Waals surface area contributed by atoms with E-state index in [2.05, 4.69) is 10.3 Å². The molecule has 3 aromatic rings. The van der Waals surface area contributed by atoms with Crippen molar-refractivity contribution in [2.24, 2.45) is 0 Å². The Labute approximate surface area is 146 Å². The van der Waals surface area contributed by atoms with Gasteiger partial charge in [0.05, 0.1) is 5.56 Å². The lowest BCUT2D eigenvalue weighted by molar-refractivity contribution is 0.0951. The Balaban J connectivity index is 1.58. The Kier molecular flexibility index (Phi) is 5.26. The van der Waals surface area contributed by atoms with Gasteiger partial charge in [-0.15, -0.1) is 0 Å². The average Bonchev–Trinajstić information content (AvgIpc) is 2.66. The van der Waals surface area contributed by atoms with Gasteiger partial charge in [0, 0.05) is 12.7 Å². The molecule has 5 heteroatoms. The molecular formula is C20H19N3O2. The van der Waals surface area contributed by atoms with Crippen LogP contribution < -0.4 is 15.8 Å². The van der Waals surface area contributed by atoms with Gasteiger partial charge in [-0.05, 0) is 35.4 Å². The molecule has 0 aliphatic rings. The molecule has 0 saturated carbocycles. The summed E-state index contributed by atoms with van der Waals surface area (Å²) in [6, 6.07) is 20.9. The number of carbonyl (C=O) groups excluding carboxylic acids is 1. The Morgan fingerprint density at radius 2 is 1.80 bits per heavy atom. The summed E-state index contributed by atoms with van der Waals surface area (Å²) in [5.74, 6) is 0.734. The standard InChI is InChI=1S/C20H19N3O2/c21-19-18(10-5-11-22-19)20(24)23-13-16-8-4-9-17(12-16)25-14-15-6-2-1-3-7-15/h1-12H,13-14H2,(H2,21,22)(H,23,24). The molecule has 0 aliphatic heterocycles. The second-order valence-corrected chi connectivity index (χ2v) is 5.54. The van der Waals surface area contributed by atoms with E-state index in [9.17, 15) is 4.79 Å². The summed E-state index contributed by atoms with van der Waals surface area (Å²) in [4.78, 5) is 16.1. The molecule has 126 valence electrons. The topological polar surface area (TPSA) is 77.2 Å². The molecule has 3 rings (SSSR count). The number of rotatable bonds is 6. The Hall–Kier alpha value is -3.34. The fraction of sp³-hybridized carbons (Fsp3) is 0.100. The van der Waals surface area contributed by atoms with E-state index in [1.54, 1.807) is 18.3 Å². The van der Waals surface area contributed by atoms with Crippen molar-refractivity contribution < 1.29 is 9.53 Å². The molecule has 1 amide bonds. The van der Waals surface area contributed by atoms with Crippen molar-refractivity contribution in [1.29, 1.82) is 0 Å². The van der Waals surface area contributed by atoms with E-state index in [0.717, 1.165) is 16.9 Å². The third-order valence-electron chi connectivity index (χ3n) is 3.68. The largest absolute Gasteiger partial charge is 0.489 e. The van der Waals surface area contributed by atoms with Crippen LogP contribution in [0, 0.1) is 0 Å². The number of amides is 1. The van der Waals surface area contributed by atoms with Crippen molar-refractivity contribution in [2.75, 3.05) is 5.73 Å². The van der Waals surface area contributed by atoms with Crippen LogP contribution in [0.4, 0.5) is 5.82 Å². The van der Waals surface area contributed by atoms with Gasteiger partial charge in [0.2, 0.25) is 0 Å². The first-order valence-corrected chi connectivity index (χ1v) is 7.97. The van der Waals surface area contributed by atoms with Crippen LogP contribution in [-0.2, 0) is 13.2 Å². The van der Waals surface area contributed by atoms with Gasteiger partial charge >= 0.3 is 0 Å². The molecule has 0 unspecified atom stereocenters. The van der Waals surface area contributed by atoms with Crippen LogP contribution >= 0.6 is 0 Å². The van der Waals surface area contributed by atoms with Crippen LogP contribution in [0.5, 0.6) is 5.75 Å². The number of pyridine rings is 1. The average molecular weight is 333 g/mol. The van der Waals surface area contributed by atoms with E-state index in [4.69, 9.17) is 10.5 Å². The van der Waals surface area contributed by atoms with Crippen molar-refractivity contribution in [3.05, 3.63) is 89.6 Å². The molecule has 3 N–H and O–H groups in total. The predicted octanol–water partition coefficient (Wildman–Crippen LogP) is 3.17. The molecule has 0 aliphatic carbocycles. The highest BCUT2D eigenvalue weighted by Crippen LogP contribution is 2.15. The molecule has 0 spiro atoms. The van der Waals surface area contributed by atoms with Crippen LogP contribution in [0.2, 0.25) is 0 Å². The summed E-state index contributed by atoms with van der Waals surface area (Å²) in [6.45, 7) is 0.887. The SMILES string of the molecule is Nc1ncccc1C(=O)NCc1cccc(OCc2ccccc2)c1. The molecule has 5 nitrogen and oxygen atoms in total. The quantitative estimate of drug-likeness (QED) is 0.726. The van der Waals surface area contributed by atoms with Crippen molar-refractivity contribution in [1.82, 2.24) is 10.3 Å². The fourth-order valence-electron chi connectivity index (χ4n) is 2.37. The summed E-state index contributed by atoms with van der Waals surface area (Å²) in [7, 11) is 0. The number of nitrogens with one attached hydrogen (secondary N) is 1. The van der Waals surface area contributed by atoms with Gasteiger partial charge in [-0.2, -0.15) is 0 Å². The number of benzene rings is 2. The number of ether oxygens (including phenoxy) is 1. The Morgan fingerprint density at radius 1 is 1.00 bits per heavy atom. The number of anilines is 1. The van der Waals surface area contributed by atoms with Crippen molar-refractivity contribution in [3.63, 3.8) is 0 Å². The van der Waals surface area contributed by atoms with E-state index < -0.39 is 0 Å². The molecule has 0 bridgehead atoms. The lowest BCUT2D eigenvalue weighted by atomic mass is 10.2. The van der Waals surface area contributed by atoms with Crippen LogP contribution in [0.15, 0.2) is 72.9 Å². The maximum Gasteiger partial charge on any atom is 0.255 e. The molecule has 0 fully saturated rings. The smallest absolute Gasteiger partial charge is 0.255 e. The maximum atomic E-state index is 12.2. The number of nitrogens with two attached hydrogens (primary N) is 1. The van der Waals surface area contributed by atoms with E-state index in [-0.39, 0.29) is 11.7 Å². The lowest BCUT2D eigenvalue weighted by Crippen LogP contribution is -2.24. The third-order valence-corrected chi connectivity index (χ3v) is 3.68. The molecule has 0 atom stereocenters. The molecular weight excluding hydrogens is 314 g/mol. The zero-order valence-corrected chi connectivity index (χ0v) is 13.7. The summed E-state index contributed by atoms with van der Waals surface area (Å²) < 4.78 is 5.80. The molecule has 1 aromatic heterocycles. The Morgan fingerprint density at radius 3 is 2.60 bits per heavy atom. The highest BCUT2D eigenvalue weighted by atomic mass is 16.5. The van der Waals surface area contributed by atoms with Crippen LogP contribution in [0.25, 0.3) is 0 Å². The number of carbonyl (C=O) groups is 1. The van der Waals surface area contributed by atoms with Crippen LogP contribution in [0.3, 0.4) is 0 Å². The van der Waals surface area contributed by atoms with Crippen LogP contribution in [-0.4, -0.2) is 10.9 Å². The van der Waals surface area contributed by atoms with Gasteiger partial charge in [0.25, 0.3) is 5.91 Å². The molecule has 0 radical (unpaired) electrons. The lowest BCUT2D eigenvalue weighted by Gasteiger charge is -2.10. The summed E-state index contributed by atoms with van der Waals surface area (Å²) in [6.07, 6.45) is 1.56. The minimum absolute atomic E-state index is 0.222. The monoisotopic (exact) mass is 333 g/mol. The van der Waals surface area contributed by atoms with Gasteiger partial charge in [-0.3, -0.25) is 4.79 Å². The number of nitrogens with zero attached hydrogens (tertiary/aromatic N) is 1. The van der Waals surface area contributed by atoms with Gasteiger partial charge in [0.15, 0.2) is 0 Å². The number of aromatic nitrogens is 1. The predicted molar refractivity (Wildman–Crippen MR) is 97.0 cm³/mol. The van der Waals surface area contributed by atoms with Gasteiger partial charge in [0.1, 0.15) is 18.2 Å². The summed E-state index contributed by atoms with van der Waals surface area (Å²) in [5, 5.41) is 2.84. The summed E-state index contributed by atoms with van der Waals surface area (Å²) >= 11 is 0. The molecule has 2 aromatic carbocycles. The van der Waals surface area contributed by atoms with Gasteiger partial charge in [-0.1, -0.05) is 42.5 Å². The number of hydrogen-bond donors (Lipinski definition) is 2. The van der Waals surface area contributed by atoms with E-state index >= 15 is 0 Å². The second-order valence-electron chi connectivity index (χ2n) is 5.54. The minimum atomic E-state index is -0.249. The first-order valence-electron chi connectivity index (χ1n) is 7.97. The number of hydrogen-bond acceptors (Lipinski definition) is 4. The van der Waals surface area contributed by atoms with E-state index in [1.807, 2.05) is 54.6 Å². The molecule has 0 saturated heterocycles. The first kappa shape index (κ1) is 16.5. The zero-order chi connectivity index (χ0) is 17.5. The third kappa shape index (κ3) is 4.57. The minimum Gasteiger partial charge on any atom is -0.489 e. The fourth-order valence-corrected chi connectivity index (χ4v) is 2.37. The van der Waals surface area contributed by atoms with E-state index in [0.29, 0.717) is 18.7 Å².